The number of rotatable bonds is 4. The smallest absolute Gasteiger partial charge is 0.240 e. The summed E-state index contributed by atoms with van der Waals surface area (Å²) in [5, 5.41) is 6.55. The fourth-order valence-corrected chi connectivity index (χ4v) is 3.19. The molecule has 4 nitrogen and oxygen atoms in total. The van der Waals surface area contributed by atoms with E-state index in [0.717, 1.165) is 32.5 Å². The van der Waals surface area contributed by atoms with Gasteiger partial charge in [-0.15, -0.1) is 0 Å². The van der Waals surface area contributed by atoms with E-state index in [0.29, 0.717) is 5.92 Å². The summed E-state index contributed by atoms with van der Waals surface area (Å²) in [7, 11) is 0. The van der Waals surface area contributed by atoms with Crippen LogP contribution in [0.5, 0.6) is 0 Å². The van der Waals surface area contributed by atoms with Crippen LogP contribution in [-0.2, 0) is 4.79 Å². The Bertz CT molecular complexity index is 292. The monoisotopic (exact) mass is 267 g/mol. The van der Waals surface area contributed by atoms with E-state index in [1.54, 1.807) is 0 Å². The van der Waals surface area contributed by atoms with Crippen LogP contribution in [0.2, 0.25) is 0 Å². The van der Waals surface area contributed by atoms with Crippen molar-refractivity contribution in [1.29, 1.82) is 0 Å². The largest absolute Gasteiger partial charge is 0.354 e. The van der Waals surface area contributed by atoms with E-state index in [2.05, 4.69) is 22.5 Å². The molecule has 2 saturated heterocycles. The molecule has 4 heteroatoms. The molecule has 2 N–H and O–H groups in total. The summed E-state index contributed by atoms with van der Waals surface area (Å²) in [5.74, 6) is 0.865. The number of nitrogens with one attached hydrogen (secondary N) is 2. The van der Waals surface area contributed by atoms with Gasteiger partial charge in [0.15, 0.2) is 0 Å². The second-order valence-corrected chi connectivity index (χ2v) is 6.30. The van der Waals surface area contributed by atoms with Gasteiger partial charge in [0.25, 0.3) is 0 Å². The zero-order valence-electron chi connectivity index (χ0n) is 12.5. The minimum atomic E-state index is -0.331. The second-order valence-electron chi connectivity index (χ2n) is 6.30. The van der Waals surface area contributed by atoms with Gasteiger partial charge in [-0.3, -0.25) is 4.79 Å². The van der Waals surface area contributed by atoms with Crippen molar-refractivity contribution in [1.82, 2.24) is 15.5 Å². The number of carbonyl (C=O) groups excluding carboxylic acids is 1. The molecule has 0 radical (unpaired) electrons. The number of piperidine rings is 2. The summed E-state index contributed by atoms with van der Waals surface area (Å²) in [6, 6.07) is 0. The molecule has 1 unspecified atom stereocenters. The zero-order valence-corrected chi connectivity index (χ0v) is 12.5. The number of hydrogen-bond donors (Lipinski definition) is 2. The highest BCUT2D eigenvalue weighted by Gasteiger charge is 2.34. The summed E-state index contributed by atoms with van der Waals surface area (Å²) < 4.78 is 0. The van der Waals surface area contributed by atoms with Crippen LogP contribution in [0.1, 0.15) is 46.0 Å². The molecule has 19 heavy (non-hydrogen) atoms. The lowest BCUT2D eigenvalue weighted by atomic mass is 9.89. The van der Waals surface area contributed by atoms with Crippen LogP contribution in [0.25, 0.3) is 0 Å². The van der Waals surface area contributed by atoms with Crippen LogP contribution < -0.4 is 10.6 Å². The molecule has 0 aromatic heterocycles. The molecule has 0 aliphatic carbocycles. The Balaban J connectivity index is 1.71. The van der Waals surface area contributed by atoms with E-state index in [1.165, 1.54) is 32.4 Å². The summed E-state index contributed by atoms with van der Waals surface area (Å²) in [4.78, 5) is 14.8. The first-order chi connectivity index (χ1) is 9.14. The highest BCUT2D eigenvalue weighted by atomic mass is 16.2. The minimum Gasteiger partial charge on any atom is -0.354 e. The third kappa shape index (κ3) is 3.93. The normalized spacial score (nSPS) is 30.2. The molecule has 2 aliphatic heterocycles. The highest BCUT2D eigenvalue weighted by molar-refractivity contribution is 5.85. The standard InChI is InChI=1S/C15H29N3O/c1-3-18-10-6-13(7-11-18)12-16-14(19)15(2)8-4-5-9-17-15/h13,17H,3-12H2,1-2H3,(H,16,19). The number of carbonyl (C=O) groups is 1. The zero-order chi connectivity index (χ0) is 13.7. The van der Waals surface area contributed by atoms with E-state index in [-0.39, 0.29) is 11.4 Å². The van der Waals surface area contributed by atoms with Crippen LogP contribution in [0.3, 0.4) is 0 Å². The summed E-state index contributed by atoms with van der Waals surface area (Å²) >= 11 is 0. The van der Waals surface area contributed by atoms with E-state index >= 15 is 0 Å². The van der Waals surface area contributed by atoms with Crippen molar-refractivity contribution in [2.75, 3.05) is 32.7 Å². The van der Waals surface area contributed by atoms with Gasteiger partial charge in [0.05, 0.1) is 5.54 Å². The molecule has 2 aliphatic rings. The molecule has 0 saturated carbocycles. The first-order valence-electron chi connectivity index (χ1n) is 7.90. The molecule has 1 atom stereocenters. The second kappa shape index (κ2) is 6.71. The van der Waals surface area contributed by atoms with Crippen LogP contribution >= 0.6 is 0 Å². The van der Waals surface area contributed by atoms with Crippen molar-refractivity contribution in [3.63, 3.8) is 0 Å². The highest BCUT2D eigenvalue weighted by Crippen LogP contribution is 2.20. The molecular weight excluding hydrogens is 238 g/mol. The molecule has 2 rings (SSSR count). The Morgan fingerprint density at radius 3 is 2.68 bits per heavy atom. The van der Waals surface area contributed by atoms with Crippen molar-refractivity contribution in [3.05, 3.63) is 0 Å². The maximum absolute atomic E-state index is 12.3. The molecule has 0 aromatic carbocycles. The van der Waals surface area contributed by atoms with Crippen molar-refractivity contribution >= 4 is 5.91 Å². The van der Waals surface area contributed by atoms with Crippen LogP contribution in [0, 0.1) is 5.92 Å². The number of likely N-dealkylation sites (tertiary alicyclic amines) is 1. The van der Waals surface area contributed by atoms with Gasteiger partial charge in [0.1, 0.15) is 0 Å². The summed E-state index contributed by atoms with van der Waals surface area (Å²) in [6.07, 6.45) is 5.76. The van der Waals surface area contributed by atoms with Gasteiger partial charge in [0.2, 0.25) is 5.91 Å². The minimum absolute atomic E-state index is 0.199. The molecule has 0 aromatic rings. The van der Waals surface area contributed by atoms with Gasteiger partial charge < -0.3 is 15.5 Å². The maximum Gasteiger partial charge on any atom is 0.240 e. The Labute approximate surface area is 117 Å². The van der Waals surface area contributed by atoms with Crippen LogP contribution in [0.15, 0.2) is 0 Å². The van der Waals surface area contributed by atoms with E-state index in [9.17, 15) is 4.79 Å². The van der Waals surface area contributed by atoms with Gasteiger partial charge in [-0.05, 0) is 71.1 Å². The lowest BCUT2D eigenvalue weighted by Crippen LogP contribution is -2.57. The Morgan fingerprint density at radius 1 is 1.37 bits per heavy atom. The number of hydrogen-bond acceptors (Lipinski definition) is 3. The van der Waals surface area contributed by atoms with Gasteiger partial charge >= 0.3 is 0 Å². The van der Waals surface area contributed by atoms with Gasteiger partial charge in [0, 0.05) is 6.54 Å². The molecule has 0 bridgehead atoms. The Morgan fingerprint density at radius 2 is 2.11 bits per heavy atom. The Kier molecular flexibility index (Phi) is 5.22. The first kappa shape index (κ1) is 14.8. The van der Waals surface area contributed by atoms with Gasteiger partial charge in [-0.2, -0.15) is 0 Å². The first-order valence-corrected chi connectivity index (χ1v) is 7.90. The van der Waals surface area contributed by atoms with Crippen molar-refractivity contribution in [3.8, 4) is 0 Å². The van der Waals surface area contributed by atoms with E-state index in [4.69, 9.17) is 0 Å². The third-order valence-electron chi connectivity index (χ3n) is 4.83. The fourth-order valence-electron chi connectivity index (χ4n) is 3.19. The van der Waals surface area contributed by atoms with Gasteiger partial charge in [-0.1, -0.05) is 6.92 Å². The predicted molar refractivity (Wildman–Crippen MR) is 78.1 cm³/mol. The lowest BCUT2D eigenvalue weighted by molar-refractivity contribution is -0.128. The number of nitrogens with zero attached hydrogens (tertiary/aromatic N) is 1. The molecule has 2 heterocycles. The average molecular weight is 267 g/mol. The number of amides is 1. The molecule has 0 spiro atoms. The fraction of sp³-hybridized carbons (Fsp3) is 0.933. The van der Waals surface area contributed by atoms with Crippen molar-refractivity contribution in [2.45, 2.75) is 51.5 Å². The van der Waals surface area contributed by atoms with E-state index < -0.39 is 0 Å². The molecular formula is C15H29N3O. The van der Waals surface area contributed by atoms with Crippen LogP contribution in [0.4, 0.5) is 0 Å². The summed E-state index contributed by atoms with van der Waals surface area (Å²) in [6.45, 7) is 9.62. The summed E-state index contributed by atoms with van der Waals surface area (Å²) in [5.41, 5.74) is -0.331. The molecule has 110 valence electrons. The topological polar surface area (TPSA) is 44.4 Å². The lowest BCUT2D eigenvalue weighted by Gasteiger charge is -2.35. The molecule has 2 fully saturated rings. The quantitative estimate of drug-likeness (QED) is 0.808. The van der Waals surface area contributed by atoms with Crippen LogP contribution in [-0.4, -0.2) is 49.1 Å². The van der Waals surface area contributed by atoms with Gasteiger partial charge in [-0.25, -0.2) is 0 Å². The molecule has 1 amide bonds. The Hall–Kier alpha value is -0.610. The average Bonchev–Trinajstić information content (AvgIpc) is 2.46. The van der Waals surface area contributed by atoms with Crippen molar-refractivity contribution < 1.29 is 4.79 Å². The third-order valence-corrected chi connectivity index (χ3v) is 4.83. The van der Waals surface area contributed by atoms with E-state index in [1.807, 2.05) is 6.92 Å². The predicted octanol–water partition coefficient (Wildman–Crippen LogP) is 1.37. The SMILES string of the molecule is CCN1CCC(CNC(=O)C2(C)CCCCN2)CC1. The van der Waals surface area contributed by atoms with Crippen molar-refractivity contribution in [2.24, 2.45) is 5.92 Å². The maximum atomic E-state index is 12.3.